The van der Waals surface area contributed by atoms with Gasteiger partial charge in [-0.05, 0) is 46.7 Å². The highest BCUT2D eigenvalue weighted by Gasteiger charge is 2.30. The van der Waals surface area contributed by atoms with E-state index in [9.17, 15) is 18.0 Å². The van der Waals surface area contributed by atoms with Crippen LogP contribution in [0.15, 0.2) is 77.7 Å². The van der Waals surface area contributed by atoms with E-state index in [4.69, 9.17) is 9.47 Å². The van der Waals surface area contributed by atoms with E-state index in [-0.39, 0.29) is 37.0 Å². The molecule has 0 atom stereocenters. The lowest BCUT2D eigenvalue weighted by molar-refractivity contribution is -0.148. The molecule has 1 aliphatic heterocycles. The first-order valence-corrected chi connectivity index (χ1v) is 12.6. The number of nitrogens with zero attached hydrogens (tertiary/aromatic N) is 2. The second kappa shape index (κ2) is 10.7. The van der Waals surface area contributed by atoms with E-state index in [0.29, 0.717) is 5.75 Å². The van der Waals surface area contributed by atoms with Crippen LogP contribution in [-0.2, 0) is 24.3 Å². The minimum atomic E-state index is -3.67. The summed E-state index contributed by atoms with van der Waals surface area (Å²) in [5.74, 6) is -0.286. The zero-order valence-electron chi connectivity index (χ0n) is 19.3. The number of benzene rings is 3. The van der Waals surface area contributed by atoms with Gasteiger partial charge in [0.15, 0.2) is 6.61 Å². The smallest absolute Gasteiger partial charge is 0.331 e. The Kier molecular flexibility index (Phi) is 7.48. The molecule has 0 aliphatic carbocycles. The highest BCUT2D eigenvalue weighted by atomic mass is 32.2. The molecule has 9 heteroatoms. The average molecular weight is 495 g/mol. The molecule has 0 unspecified atom stereocenters. The van der Waals surface area contributed by atoms with Crippen LogP contribution in [0.5, 0.6) is 5.75 Å². The number of carbonyl (C=O) groups is 2. The fraction of sp³-hybridized carbons (Fsp3) is 0.231. The number of ether oxygens (including phenoxy) is 2. The zero-order chi connectivity index (χ0) is 24.8. The molecule has 0 aromatic heterocycles. The molecule has 1 heterocycles. The fourth-order valence-corrected chi connectivity index (χ4v) is 5.26. The first kappa shape index (κ1) is 24.4. The molecular formula is C26H26N2O6S. The Labute approximate surface area is 204 Å². The topological polar surface area (TPSA) is 93.2 Å². The van der Waals surface area contributed by atoms with E-state index < -0.39 is 22.6 Å². The number of sulfonamides is 1. The molecule has 1 aliphatic rings. The number of rotatable bonds is 7. The maximum absolute atomic E-state index is 13.1. The van der Waals surface area contributed by atoms with Gasteiger partial charge in [-0.25, -0.2) is 13.2 Å². The summed E-state index contributed by atoms with van der Waals surface area (Å²) in [6.07, 6.45) is 2.84. The van der Waals surface area contributed by atoms with Crippen LogP contribution in [0.3, 0.4) is 0 Å². The van der Waals surface area contributed by atoms with Crippen LogP contribution >= 0.6 is 0 Å². The van der Waals surface area contributed by atoms with Crippen molar-refractivity contribution >= 4 is 38.7 Å². The molecule has 1 fully saturated rings. The van der Waals surface area contributed by atoms with Crippen molar-refractivity contribution in [1.82, 2.24) is 9.21 Å². The number of fused-ring (bicyclic) bond motifs is 1. The summed E-state index contributed by atoms with van der Waals surface area (Å²) in [6.45, 7) is 0.400. The minimum Gasteiger partial charge on any atom is -0.497 e. The molecule has 35 heavy (non-hydrogen) atoms. The number of methoxy groups -OCH3 is 1. The van der Waals surface area contributed by atoms with Crippen molar-refractivity contribution in [2.45, 2.75) is 4.90 Å². The van der Waals surface area contributed by atoms with Gasteiger partial charge in [0, 0.05) is 32.3 Å². The Hall–Kier alpha value is -3.69. The molecule has 1 saturated heterocycles. The number of hydrogen-bond donors (Lipinski definition) is 0. The monoisotopic (exact) mass is 494 g/mol. The Bertz CT molecular complexity index is 1340. The highest BCUT2D eigenvalue weighted by molar-refractivity contribution is 7.89. The fourth-order valence-electron chi connectivity index (χ4n) is 3.81. The molecule has 3 aromatic rings. The van der Waals surface area contributed by atoms with E-state index in [1.807, 2.05) is 24.3 Å². The van der Waals surface area contributed by atoms with Gasteiger partial charge in [-0.3, -0.25) is 4.79 Å². The van der Waals surface area contributed by atoms with Crippen LogP contribution in [0.1, 0.15) is 5.56 Å². The van der Waals surface area contributed by atoms with Crippen molar-refractivity contribution in [3.63, 3.8) is 0 Å². The quantitative estimate of drug-likeness (QED) is 0.370. The van der Waals surface area contributed by atoms with Crippen molar-refractivity contribution in [2.24, 2.45) is 0 Å². The standard InChI is InChI=1S/C26H26N2O6S/c1-33-23-10-6-20(7-11-23)8-13-26(30)34-19-25(29)27-14-16-28(17-15-27)35(31,32)24-12-9-21-4-2-3-5-22(21)18-24/h2-13,18H,14-17,19H2,1H3. The average Bonchev–Trinajstić information content (AvgIpc) is 2.90. The molecular weight excluding hydrogens is 468 g/mol. The van der Waals surface area contributed by atoms with Crippen LogP contribution in [0, 0.1) is 0 Å². The van der Waals surface area contributed by atoms with E-state index in [0.717, 1.165) is 16.3 Å². The van der Waals surface area contributed by atoms with E-state index in [1.54, 1.807) is 55.7 Å². The lowest BCUT2D eigenvalue weighted by Gasteiger charge is -2.33. The van der Waals surface area contributed by atoms with Gasteiger partial charge in [0.1, 0.15) is 5.75 Å². The Balaban J connectivity index is 1.27. The van der Waals surface area contributed by atoms with Gasteiger partial charge < -0.3 is 14.4 Å². The summed E-state index contributed by atoms with van der Waals surface area (Å²) in [6, 6.07) is 19.8. The largest absolute Gasteiger partial charge is 0.497 e. The van der Waals surface area contributed by atoms with E-state index in [1.165, 1.54) is 15.3 Å². The molecule has 0 bridgehead atoms. The SMILES string of the molecule is COc1ccc(C=CC(=O)OCC(=O)N2CCN(S(=O)(=O)c3ccc4ccccc4c3)CC2)cc1. The summed E-state index contributed by atoms with van der Waals surface area (Å²) < 4.78 is 37.7. The summed E-state index contributed by atoms with van der Waals surface area (Å²) >= 11 is 0. The molecule has 8 nitrogen and oxygen atoms in total. The van der Waals surface area contributed by atoms with Gasteiger partial charge in [0.05, 0.1) is 12.0 Å². The third kappa shape index (κ3) is 5.87. The Morgan fingerprint density at radius 3 is 2.29 bits per heavy atom. The Morgan fingerprint density at radius 1 is 0.914 bits per heavy atom. The highest BCUT2D eigenvalue weighted by Crippen LogP contribution is 2.23. The maximum Gasteiger partial charge on any atom is 0.331 e. The first-order valence-electron chi connectivity index (χ1n) is 11.1. The minimum absolute atomic E-state index is 0.173. The number of amides is 1. The van der Waals surface area contributed by atoms with Crippen LogP contribution in [0.4, 0.5) is 0 Å². The third-order valence-corrected chi connectivity index (χ3v) is 7.71. The van der Waals surface area contributed by atoms with Crippen molar-refractivity contribution in [3.05, 3.63) is 78.4 Å². The molecule has 4 rings (SSSR count). The van der Waals surface area contributed by atoms with Crippen molar-refractivity contribution in [2.75, 3.05) is 39.9 Å². The van der Waals surface area contributed by atoms with Crippen molar-refractivity contribution < 1.29 is 27.5 Å². The van der Waals surface area contributed by atoms with Crippen molar-refractivity contribution in [3.8, 4) is 5.75 Å². The predicted molar refractivity (Wildman–Crippen MR) is 132 cm³/mol. The number of carbonyl (C=O) groups excluding carboxylic acids is 2. The van der Waals surface area contributed by atoms with E-state index >= 15 is 0 Å². The first-order chi connectivity index (χ1) is 16.9. The normalized spacial score (nSPS) is 14.8. The van der Waals surface area contributed by atoms with E-state index in [2.05, 4.69) is 0 Å². The van der Waals surface area contributed by atoms with Gasteiger partial charge in [-0.1, -0.05) is 42.5 Å². The lowest BCUT2D eigenvalue weighted by Crippen LogP contribution is -2.51. The molecule has 0 radical (unpaired) electrons. The summed E-state index contributed by atoms with van der Waals surface area (Å²) in [5, 5.41) is 1.82. The number of piperazine rings is 1. The second-order valence-electron chi connectivity index (χ2n) is 8.01. The van der Waals surface area contributed by atoms with Crippen LogP contribution in [-0.4, -0.2) is 69.4 Å². The molecule has 0 N–H and O–H groups in total. The summed E-state index contributed by atoms with van der Waals surface area (Å²) in [7, 11) is -2.10. The Morgan fingerprint density at radius 2 is 1.60 bits per heavy atom. The predicted octanol–water partition coefficient (Wildman–Crippen LogP) is 2.94. The summed E-state index contributed by atoms with van der Waals surface area (Å²) in [5.41, 5.74) is 0.790. The van der Waals surface area contributed by atoms with Crippen LogP contribution in [0.2, 0.25) is 0 Å². The van der Waals surface area contributed by atoms with Gasteiger partial charge in [-0.2, -0.15) is 4.31 Å². The summed E-state index contributed by atoms with van der Waals surface area (Å²) in [4.78, 5) is 26.2. The number of esters is 1. The van der Waals surface area contributed by atoms with Gasteiger partial charge in [-0.15, -0.1) is 0 Å². The van der Waals surface area contributed by atoms with Crippen molar-refractivity contribution in [1.29, 1.82) is 0 Å². The molecule has 1 amide bonds. The maximum atomic E-state index is 13.1. The van der Waals surface area contributed by atoms with Gasteiger partial charge >= 0.3 is 5.97 Å². The third-order valence-electron chi connectivity index (χ3n) is 5.82. The van der Waals surface area contributed by atoms with Crippen LogP contribution in [0.25, 0.3) is 16.8 Å². The molecule has 0 saturated carbocycles. The zero-order valence-corrected chi connectivity index (χ0v) is 20.1. The lowest BCUT2D eigenvalue weighted by atomic mass is 10.1. The number of hydrogen-bond acceptors (Lipinski definition) is 6. The van der Waals surface area contributed by atoms with Gasteiger partial charge in [0.2, 0.25) is 10.0 Å². The van der Waals surface area contributed by atoms with Crippen LogP contribution < -0.4 is 4.74 Å². The molecule has 3 aromatic carbocycles. The second-order valence-corrected chi connectivity index (χ2v) is 9.95. The van der Waals surface area contributed by atoms with Gasteiger partial charge in [0.25, 0.3) is 5.91 Å². The molecule has 0 spiro atoms. The molecule has 182 valence electrons.